The summed E-state index contributed by atoms with van der Waals surface area (Å²) in [5, 5.41) is 2.61. The van der Waals surface area contributed by atoms with E-state index in [9.17, 15) is 4.79 Å². The van der Waals surface area contributed by atoms with Crippen molar-refractivity contribution in [2.45, 2.75) is 31.8 Å². The second-order valence-corrected chi connectivity index (χ2v) is 6.04. The predicted molar refractivity (Wildman–Crippen MR) is 88.2 cm³/mol. The molecule has 0 unspecified atom stereocenters. The first-order valence-electron chi connectivity index (χ1n) is 7.89. The Morgan fingerprint density at radius 1 is 1.22 bits per heavy atom. The third-order valence-electron chi connectivity index (χ3n) is 4.40. The van der Waals surface area contributed by atoms with E-state index in [1.807, 2.05) is 26.0 Å². The maximum absolute atomic E-state index is 11.1. The molecule has 3 N–H and O–H groups in total. The zero-order valence-corrected chi connectivity index (χ0v) is 13.5. The molecule has 0 aromatic heterocycles. The van der Waals surface area contributed by atoms with Crippen LogP contribution in [0.3, 0.4) is 0 Å². The Bertz CT molecular complexity index is 582. The van der Waals surface area contributed by atoms with Crippen molar-refractivity contribution in [3.05, 3.63) is 42.0 Å². The molecule has 2 amide bonds. The number of carbonyl (C=O) groups is 1. The first-order valence-corrected chi connectivity index (χ1v) is 7.89. The summed E-state index contributed by atoms with van der Waals surface area (Å²) in [5.41, 5.74) is 7.23. The average Bonchev–Trinajstić information content (AvgIpc) is 3.15. The number of hydrogen-bond acceptors (Lipinski definition) is 4. The summed E-state index contributed by atoms with van der Waals surface area (Å²) in [4.78, 5) is 13.4. The number of carbonyl (C=O) groups excluding carboxylic acids is 1. The van der Waals surface area contributed by atoms with Crippen LogP contribution in [0.25, 0.3) is 0 Å². The summed E-state index contributed by atoms with van der Waals surface area (Å²) in [5.74, 6) is -0.990. The maximum atomic E-state index is 11.1. The molecule has 0 radical (unpaired) electrons. The van der Waals surface area contributed by atoms with E-state index >= 15 is 0 Å². The van der Waals surface area contributed by atoms with E-state index in [1.165, 1.54) is 0 Å². The van der Waals surface area contributed by atoms with E-state index in [1.54, 1.807) is 0 Å². The van der Waals surface area contributed by atoms with Crippen molar-refractivity contribution in [1.29, 1.82) is 0 Å². The van der Waals surface area contributed by atoms with Gasteiger partial charge in [-0.25, -0.2) is 4.79 Å². The normalized spacial score (nSPS) is 25.7. The number of nitrogens with one attached hydrogen (secondary N) is 1. The molecule has 6 nitrogen and oxygen atoms in total. The number of ether oxygens (including phenoxy) is 2. The molecule has 0 saturated carbocycles. The molecule has 124 valence electrons. The highest BCUT2D eigenvalue weighted by Crippen LogP contribution is 2.38. The molecule has 2 aliphatic rings. The van der Waals surface area contributed by atoms with Gasteiger partial charge in [-0.05, 0) is 26.0 Å². The lowest BCUT2D eigenvalue weighted by atomic mass is 10.0. The van der Waals surface area contributed by atoms with Crippen LogP contribution in [0.2, 0.25) is 0 Å². The lowest BCUT2D eigenvalue weighted by molar-refractivity contribution is -0.176. The molecule has 0 aliphatic carbocycles. The Hall–Kier alpha value is -2.05. The molecular weight excluding hydrogens is 294 g/mol. The summed E-state index contributed by atoms with van der Waals surface area (Å²) < 4.78 is 12.1. The van der Waals surface area contributed by atoms with Crippen LogP contribution in [0.15, 0.2) is 36.4 Å². The number of rotatable bonds is 4. The summed E-state index contributed by atoms with van der Waals surface area (Å²) >= 11 is 0. The fourth-order valence-electron chi connectivity index (χ4n) is 2.96. The van der Waals surface area contributed by atoms with Gasteiger partial charge in [-0.3, -0.25) is 0 Å². The Labute approximate surface area is 136 Å². The topological polar surface area (TPSA) is 76.8 Å². The second kappa shape index (κ2) is 6.22. The van der Waals surface area contributed by atoms with Crippen LogP contribution >= 0.6 is 0 Å². The zero-order chi connectivity index (χ0) is 16.4. The Kier molecular flexibility index (Phi) is 4.28. The van der Waals surface area contributed by atoms with Crippen LogP contribution in [-0.2, 0) is 15.3 Å². The highest BCUT2D eigenvalue weighted by atomic mass is 16.8. The van der Waals surface area contributed by atoms with Crippen LogP contribution in [-0.4, -0.2) is 37.9 Å². The van der Waals surface area contributed by atoms with Gasteiger partial charge in [-0.2, -0.15) is 0 Å². The lowest BCUT2D eigenvalue weighted by Crippen LogP contribution is -2.44. The fourth-order valence-corrected chi connectivity index (χ4v) is 2.96. The number of nitrogens with two attached hydrogens (primary N) is 1. The predicted octanol–water partition coefficient (Wildman–Crippen LogP) is 1.71. The minimum atomic E-state index is -0.990. The number of urea groups is 1. The first-order chi connectivity index (χ1) is 11.0. The Morgan fingerprint density at radius 3 is 2.30 bits per heavy atom. The van der Waals surface area contributed by atoms with Gasteiger partial charge in [0.2, 0.25) is 5.79 Å². The molecule has 3 rings (SSSR count). The minimum Gasteiger partial charge on any atom is -0.364 e. The van der Waals surface area contributed by atoms with E-state index in [0.29, 0.717) is 0 Å². The van der Waals surface area contributed by atoms with Gasteiger partial charge in [0.25, 0.3) is 0 Å². The lowest BCUT2D eigenvalue weighted by Gasteiger charge is -2.29. The molecule has 2 aliphatic heterocycles. The average molecular weight is 317 g/mol. The van der Waals surface area contributed by atoms with Crippen molar-refractivity contribution in [3.63, 3.8) is 0 Å². The molecule has 23 heavy (non-hydrogen) atoms. The van der Waals surface area contributed by atoms with Gasteiger partial charge in [0.05, 0.1) is 18.8 Å². The highest BCUT2D eigenvalue weighted by Gasteiger charge is 2.45. The SMILES string of the molecule is C[C@H]1OC(CNC(N)=O)(c2ccc(N3CC=CC3)cc2)O[C@@H]1C. The largest absolute Gasteiger partial charge is 0.364 e. The monoisotopic (exact) mass is 317 g/mol. The van der Waals surface area contributed by atoms with E-state index in [2.05, 4.69) is 34.5 Å². The van der Waals surface area contributed by atoms with Crippen molar-refractivity contribution in [3.8, 4) is 0 Å². The summed E-state index contributed by atoms with van der Waals surface area (Å²) in [7, 11) is 0. The zero-order valence-electron chi connectivity index (χ0n) is 13.5. The smallest absolute Gasteiger partial charge is 0.312 e. The van der Waals surface area contributed by atoms with Crippen LogP contribution in [0.4, 0.5) is 10.5 Å². The number of nitrogens with zero attached hydrogens (tertiary/aromatic N) is 1. The van der Waals surface area contributed by atoms with Crippen LogP contribution in [0.5, 0.6) is 0 Å². The molecule has 1 aromatic carbocycles. The standard InChI is InChI=1S/C17H23N3O3/c1-12-13(2)23-17(22-12,11-19-16(18)21)14-5-7-15(8-6-14)20-9-3-4-10-20/h3-8,12-13H,9-11H2,1-2H3,(H3,18,19,21)/t12-,13-/m1/s1. The van der Waals surface area contributed by atoms with Gasteiger partial charge < -0.3 is 25.4 Å². The number of primary amides is 1. The van der Waals surface area contributed by atoms with Crippen molar-refractivity contribution in [2.24, 2.45) is 5.73 Å². The van der Waals surface area contributed by atoms with Crippen molar-refractivity contribution in [2.75, 3.05) is 24.5 Å². The molecule has 2 heterocycles. The van der Waals surface area contributed by atoms with Gasteiger partial charge in [0.15, 0.2) is 0 Å². The van der Waals surface area contributed by atoms with Crippen LogP contribution in [0.1, 0.15) is 19.4 Å². The first kappa shape index (κ1) is 15.8. The number of anilines is 1. The molecule has 1 fully saturated rings. The van der Waals surface area contributed by atoms with Crippen LogP contribution in [0, 0.1) is 0 Å². The second-order valence-electron chi connectivity index (χ2n) is 6.04. The molecule has 1 saturated heterocycles. The van der Waals surface area contributed by atoms with Crippen molar-refractivity contribution < 1.29 is 14.3 Å². The van der Waals surface area contributed by atoms with Gasteiger partial charge in [0, 0.05) is 24.3 Å². The van der Waals surface area contributed by atoms with Gasteiger partial charge in [-0.1, -0.05) is 24.3 Å². The molecule has 1 aromatic rings. The van der Waals surface area contributed by atoms with E-state index < -0.39 is 11.8 Å². The molecule has 0 spiro atoms. The number of amides is 2. The number of hydrogen-bond donors (Lipinski definition) is 2. The highest BCUT2D eigenvalue weighted by molar-refractivity contribution is 5.71. The van der Waals surface area contributed by atoms with Crippen LogP contribution < -0.4 is 16.0 Å². The van der Waals surface area contributed by atoms with E-state index in [0.717, 1.165) is 24.3 Å². The Balaban J connectivity index is 1.83. The minimum absolute atomic E-state index is 0.0628. The quantitative estimate of drug-likeness (QED) is 0.829. The van der Waals surface area contributed by atoms with Gasteiger partial charge in [0.1, 0.15) is 0 Å². The molecule has 6 heteroatoms. The van der Waals surface area contributed by atoms with E-state index in [-0.39, 0.29) is 18.8 Å². The van der Waals surface area contributed by atoms with E-state index in [4.69, 9.17) is 15.2 Å². The maximum Gasteiger partial charge on any atom is 0.312 e. The summed E-state index contributed by atoms with van der Waals surface area (Å²) in [6.45, 7) is 5.95. The molecular formula is C17H23N3O3. The third-order valence-corrected chi connectivity index (χ3v) is 4.40. The Morgan fingerprint density at radius 2 is 1.78 bits per heavy atom. The summed E-state index contributed by atoms with van der Waals surface area (Å²) in [6.07, 6.45) is 4.18. The van der Waals surface area contributed by atoms with Gasteiger partial charge >= 0.3 is 6.03 Å². The molecule has 2 atom stereocenters. The molecule has 0 bridgehead atoms. The van der Waals surface area contributed by atoms with Gasteiger partial charge in [-0.15, -0.1) is 0 Å². The van der Waals surface area contributed by atoms with Crippen molar-refractivity contribution in [1.82, 2.24) is 5.32 Å². The third kappa shape index (κ3) is 3.18. The number of benzene rings is 1. The summed E-state index contributed by atoms with van der Waals surface area (Å²) in [6, 6.07) is 7.48. The fraction of sp³-hybridized carbons (Fsp3) is 0.471. The van der Waals surface area contributed by atoms with Crippen molar-refractivity contribution >= 4 is 11.7 Å².